The third-order valence-electron chi connectivity index (χ3n) is 3.49. The highest BCUT2D eigenvalue weighted by Gasteiger charge is 2.29. The van der Waals surface area contributed by atoms with Crippen molar-refractivity contribution in [2.45, 2.75) is 32.1 Å². The van der Waals surface area contributed by atoms with Crippen LogP contribution in [0.3, 0.4) is 0 Å². The Kier molecular flexibility index (Phi) is 2.32. The fourth-order valence-electron chi connectivity index (χ4n) is 2.60. The molecule has 0 spiro atoms. The van der Waals surface area contributed by atoms with Crippen molar-refractivity contribution in [2.75, 3.05) is 0 Å². The summed E-state index contributed by atoms with van der Waals surface area (Å²) in [5.74, 6) is 2.14. The quantitative estimate of drug-likeness (QED) is 0.765. The second kappa shape index (κ2) is 3.70. The summed E-state index contributed by atoms with van der Waals surface area (Å²) >= 11 is 6.15. The lowest BCUT2D eigenvalue weighted by Gasteiger charge is -2.13. The molecule has 0 aliphatic heterocycles. The molecule has 0 aromatic carbocycles. The fraction of sp³-hybridized carbons (Fsp3) is 0.545. The molecule has 2 aromatic heterocycles. The minimum Gasteiger partial charge on any atom is -0.266 e. The van der Waals surface area contributed by atoms with Gasteiger partial charge in [-0.1, -0.05) is 24.9 Å². The molecule has 2 unspecified atom stereocenters. The molecule has 1 saturated carbocycles. The zero-order chi connectivity index (χ0) is 11.1. The summed E-state index contributed by atoms with van der Waals surface area (Å²) in [5, 5.41) is 9.00. The maximum Gasteiger partial charge on any atom is 0.180 e. The number of hydrogen-bond donors (Lipinski definition) is 0. The SMILES string of the molecule is CC1CCCC1c1nnc2cncc(Cl)n12. The molecule has 5 heteroatoms. The summed E-state index contributed by atoms with van der Waals surface area (Å²) in [6.45, 7) is 2.27. The molecule has 84 valence electrons. The van der Waals surface area contributed by atoms with Gasteiger partial charge in [0.15, 0.2) is 5.65 Å². The molecule has 4 nitrogen and oxygen atoms in total. The van der Waals surface area contributed by atoms with Crippen LogP contribution in [-0.2, 0) is 0 Å². The molecule has 0 radical (unpaired) electrons. The third-order valence-corrected chi connectivity index (χ3v) is 3.76. The lowest BCUT2D eigenvalue weighted by atomic mass is 9.97. The number of rotatable bonds is 1. The van der Waals surface area contributed by atoms with E-state index in [1.54, 1.807) is 12.4 Å². The molecule has 1 fully saturated rings. The minimum atomic E-state index is 0.481. The first-order chi connectivity index (χ1) is 7.77. The van der Waals surface area contributed by atoms with Crippen LogP contribution in [0.5, 0.6) is 0 Å². The average Bonchev–Trinajstić information content (AvgIpc) is 2.84. The lowest BCUT2D eigenvalue weighted by molar-refractivity contribution is 0.506. The van der Waals surface area contributed by atoms with Crippen LogP contribution in [-0.4, -0.2) is 19.6 Å². The van der Waals surface area contributed by atoms with E-state index >= 15 is 0 Å². The molecule has 16 heavy (non-hydrogen) atoms. The summed E-state index contributed by atoms with van der Waals surface area (Å²) in [6.07, 6.45) is 7.05. The Morgan fingerprint density at radius 3 is 2.94 bits per heavy atom. The molecule has 3 rings (SSSR count). The van der Waals surface area contributed by atoms with Gasteiger partial charge in [0.1, 0.15) is 11.0 Å². The smallest absolute Gasteiger partial charge is 0.180 e. The van der Waals surface area contributed by atoms with Crippen LogP contribution in [0.1, 0.15) is 37.9 Å². The first kappa shape index (κ1) is 10.0. The van der Waals surface area contributed by atoms with Crippen molar-refractivity contribution in [1.29, 1.82) is 0 Å². The van der Waals surface area contributed by atoms with E-state index in [1.807, 2.05) is 4.40 Å². The van der Waals surface area contributed by atoms with E-state index in [0.717, 1.165) is 11.5 Å². The predicted octanol–water partition coefficient (Wildman–Crippen LogP) is 2.68. The van der Waals surface area contributed by atoms with E-state index in [2.05, 4.69) is 22.1 Å². The van der Waals surface area contributed by atoms with Gasteiger partial charge in [-0.3, -0.25) is 9.38 Å². The van der Waals surface area contributed by atoms with Crippen molar-refractivity contribution in [3.05, 3.63) is 23.4 Å². The van der Waals surface area contributed by atoms with Gasteiger partial charge in [-0.05, 0) is 18.8 Å². The van der Waals surface area contributed by atoms with Gasteiger partial charge in [-0.2, -0.15) is 0 Å². The van der Waals surface area contributed by atoms with Crippen LogP contribution in [0.15, 0.2) is 12.4 Å². The standard InChI is InChI=1S/C11H13ClN4/c1-7-3-2-4-8(7)11-15-14-10-6-13-5-9(12)16(10)11/h5-8H,2-4H2,1H3. The molecule has 1 aliphatic carbocycles. The first-order valence-electron chi connectivity index (χ1n) is 5.62. The van der Waals surface area contributed by atoms with Gasteiger partial charge in [0.25, 0.3) is 0 Å². The van der Waals surface area contributed by atoms with Crippen LogP contribution >= 0.6 is 11.6 Å². The van der Waals surface area contributed by atoms with E-state index in [9.17, 15) is 0 Å². The van der Waals surface area contributed by atoms with Crippen molar-refractivity contribution in [3.63, 3.8) is 0 Å². The second-order valence-corrected chi connectivity index (χ2v) is 4.88. The molecule has 0 saturated heterocycles. The number of nitrogens with zero attached hydrogens (tertiary/aromatic N) is 4. The van der Waals surface area contributed by atoms with Gasteiger partial charge in [-0.25, -0.2) is 0 Å². The predicted molar refractivity (Wildman–Crippen MR) is 61.5 cm³/mol. The fourth-order valence-corrected chi connectivity index (χ4v) is 2.83. The van der Waals surface area contributed by atoms with E-state index in [1.165, 1.54) is 19.3 Å². The van der Waals surface area contributed by atoms with Crippen LogP contribution in [0.2, 0.25) is 5.15 Å². The Bertz CT molecular complexity index is 522. The Morgan fingerprint density at radius 1 is 1.31 bits per heavy atom. The van der Waals surface area contributed by atoms with Crippen LogP contribution in [0, 0.1) is 5.92 Å². The monoisotopic (exact) mass is 236 g/mol. The molecule has 2 atom stereocenters. The molecular weight excluding hydrogens is 224 g/mol. The molecule has 2 heterocycles. The van der Waals surface area contributed by atoms with E-state index in [4.69, 9.17) is 11.6 Å². The average molecular weight is 237 g/mol. The maximum absolute atomic E-state index is 6.15. The van der Waals surface area contributed by atoms with Crippen molar-refractivity contribution in [3.8, 4) is 0 Å². The van der Waals surface area contributed by atoms with Crippen LogP contribution in [0.25, 0.3) is 5.65 Å². The van der Waals surface area contributed by atoms with Crippen LogP contribution < -0.4 is 0 Å². The molecule has 0 amide bonds. The van der Waals surface area contributed by atoms with Gasteiger partial charge in [0, 0.05) is 5.92 Å². The third kappa shape index (κ3) is 1.40. The molecule has 0 bridgehead atoms. The summed E-state index contributed by atoms with van der Waals surface area (Å²) in [7, 11) is 0. The maximum atomic E-state index is 6.15. The summed E-state index contributed by atoms with van der Waals surface area (Å²) in [5.41, 5.74) is 0.738. The largest absolute Gasteiger partial charge is 0.266 e. The lowest BCUT2D eigenvalue weighted by Crippen LogP contribution is -2.07. The van der Waals surface area contributed by atoms with E-state index in [-0.39, 0.29) is 0 Å². The highest BCUT2D eigenvalue weighted by Crippen LogP contribution is 2.38. The minimum absolute atomic E-state index is 0.481. The summed E-state index contributed by atoms with van der Waals surface area (Å²) < 4.78 is 1.92. The highest BCUT2D eigenvalue weighted by molar-refractivity contribution is 6.29. The Labute approximate surface area is 98.7 Å². The second-order valence-electron chi connectivity index (χ2n) is 4.50. The highest BCUT2D eigenvalue weighted by atomic mass is 35.5. The van der Waals surface area contributed by atoms with Gasteiger partial charge < -0.3 is 0 Å². The van der Waals surface area contributed by atoms with Crippen molar-refractivity contribution in [2.24, 2.45) is 5.92 Å². The molecule has 1 aliphatic rings. The Hall–Kier alpha value is -1.16. The van der Waals surface area contributed by atoms with Gasteiger partial charge in [-0.15, -0.1) is 10.2 Å². The number of aromatic nitrogens is 4. The van der Waals surface area contributed by atoms with Crippen molar-refractivity contribution < 1.29 is 0 Å². The van der Waals surface area contributed by atoms with Crippen molar-refractivity contribution >= 4 is 17.2 Å². The number of hydrogen-bond acceptors (Lipinski definition) is 3. The first-order valence-corrected chi connectivity index (χ1v) is 5.99. The molecule has 2 aromatic rings. The topological polar surface area (TPSA) is 43.1 Å². The molecular formula is C11H13ClN4. The number of halogens is 1. The normalized spacial score (nSPS) is 25.4. The number of fused-ring (bicyclic) bond motifs is 1. The van der Waals surface area contributed by atoms with Gasteiger partial charge in [0.2, 0.25) is 0 Å². The van der Waals surface area contributed by atoms with E-state index in [0.29, 0.717) is 17.0 Å². The van der Waals surface area contributed by atoms with Gasteiger partial charge in [0.05, 0.1) is 12.4 Å². The van der Waals surface area contributed by atoms with E-state index < -0.39 is 0 Å². The summed E-state index contributed by atoms with van der Waals surface area (Å²) in [6, 6.07) is 0. The molecule has 0 N–H and O–H groups in total. The van der Waals surface area contributed by atoms with Gasteiger partial charge >= 0.3 is 0 Å². The van der Waals surface area contributed by atoms with Crippen LogP contribution in [0.4, 0.5) is 0 Å². The summed E-state index contributed by atoms with van der Waals surface area (Å²) in [4.78, 5) is 4.02. The van der Waals surface area contributed by atoms with Crippen molar-refractivity contribution in [1.82, 2.24) is 19.6 Å². The Balaban J connectivity index is 2.16. The zero-order valence-corrected chi connectivity index (χ0v) is 9.85. The Morgan fingerprint density at radius 2 is 2.19 bits per heavy atom. The zero-order valence-electron chi connectivity index (χ0n) is 9.10.